The molecule has 4 rings (SSSR count). The van der Waals surface area contributed by atoms with Gasteiger partial charge in [-0.3, -0.25) is 5.41 Å². The average molecular weight is 401 g/mol. The van der Waals surface area contributed by atoms with Crippen molar-refractivity contribution in [2.75, 3.05) is 33.9 Å². The van der Waals surface area contributed by atoms with Crippen LogP contribution < -0.4 is 9.47 Å². The van der Waals surface area contributed by atoms with Gasteiger partial charge in [-0.25, -0.2) is 4.98 Å². The van der Waals surface area contributed by atoms with E-state index in [0.29, 0.717) is 41.0 Å². The van der Waals surface area contributed by atoms with Crippen LogP contribution in [-0.4, -0.2) is 60.8 Å². The van der Waals surface area contributed by atoms with Crippen LogP contribution in [0.5, 0.6) is 11.5 Å². The highest BCUT2D eigenvalue weighted by Gasteiger charge is 2.32. The fourth-order valence-corrected chi connectivity index (χ4v) is 4.46. The Labute approximate surface area is 167 Å². The van der Waals surface area contributed by atoms with Crippen molar-refractivity contribution in [2.45, 2.75) is 18.9 Å². The zero-order valence-electron chi connectivity index (χ0n) is 15.9. The number of benzene rings is 1. The van der Waals surface area contributed by atoms with Gasteiger partial charge in [0.15, 0.2) is 0 Å². The van der Waals surface area contributed by atoms with Crippen LogP contribution in [0.1, 0.15) is 17.8 Å². The van der Waals surface area contributed by atoms with Crippen LogP contribution in [0, 0.1) is 5.41 Å². The number of hydrogen-bond acceptors (Lipinski definition) is 7. The molecule has 0 amide bonds. The van der Waals surface area contributed by atoms with E-state index in [2.05, 4.69) is 4.98 Å². The highest BCUT2D eigenvalue weighted by Crippen LogP contribution is 2.37. The van der Waals surface area contributed by atoms with E-state index in [1.165, 1.54) is 11.3 Å². The first-order chi connectivity index (χ1) is 13.6. The summed E-state index contributed by atoms with van der Waals surface area (Å²) in [7, 11) is 3.23. The molecule has 2 N–H and O–H groups in total. The standard InChI is InChI=1S/C20H23N3O4S/c1-25-12-5-6-17(26-2)14(8-12)15-11-28-20(22-15)18-16(24)10-23(19(18)21)9-13-4-3-7-27-13/h5-6,8,11,13,21,24H,3-4,7,9-10H2,1-2H3. The molecule has 1 aromatic heterocycles. The van der Waals surface area contributed by atoms with Gasteiger partial charge in [0.25, 0.3) is 0 Å². The van der Waals surface area contributed by atoms with E-state index in [-0.39, 0.29) is 11.9 Å². The van der Waals surface area contributed by atoms with Crippen molar-refractivity contribution in [3.63, 3.8) is 0 Å². The minimum atomic E-state index is 0.125. The third-order valence-corrected chi connectivity index (χ3v) is 5.89. The molecular formula is C20H23N3O4S. The number of methoxy groups -OCH3 is 2. The number of aliphatic hydroxyl groups is 1. The Morgan fingerprint density at radius 2 is 2.21 bits per heavy atom. The molecule has 28 heavy (non-hydrogen) atoms. The number of ether oxygens (including phenoxy) is 3. The monoisotopic (exact) mass is 401 g/mol. The maximum Gasteiger partial charge on any atom is 0.135 e. The Balaban J connectivity index is 1.59. The summed E-state index contributed by atoms with van der Waals surface area (Å²) in [5, 5.41) is 21.6. The summed E-state index contributed by atoms with van der Waals surface area (Å²) in [4.78, 5) is 6.53. The molecule has 0 saturated carbocycles. The predicted octanol–water partition coefficient (Wildman–Crippen LogP) is 3.57. The van der Waals surface area contributed by atoms with Crippen molar-refractivity contribution < 1.29 is 19.3 Å². The highest BCUT2D eigenvalue weighted by molar-refractivity contribution is 7.11. The molecule has 0 spiro atoms. The largest absolute Gasteiger partial charge is 0.510 e. The molecular weight excluding hydrogens is 378 g/mol. The molecule has 0 bridgehead atoms. The summed E-state index contributed by atoms with van der Waals surface area (Å²) in [6, 6.07) is 5.54. The molecule has 148 valence electrons. The van der Waals surface area contributed by atoms with Crippen molar-refractivity contribution in [1.29, 1.82) is 5.41 Å². The first-order valence-corrected chi connectivity index (χ1v) is 10.0. The van der Waals surface area contributed by atoms with Crippen molar-refractivity contribution >= 4 is 22.7 Å². The van der Waals surface area contributed by atoms with E-state index >= 15 is 0 Å². The van der Waals surface area contributed by atoms with Crippen LogP contribution in [0.2, 0.25) is 0 Å². The molecule has 2 aliphatic rings. The molecule has 7 nitrogen and oxygen atoms in total. The van der Waals surface area contributed by atoms with Crippen LogP contribution in [0.25, 0.3) is 16.8 Å². The number of rotatable bonds is 6. The zero-order valence-corrected chi connectivity index (χ0v) is 16.7. The van der Waals surface area contributed by atoms with E-state index in [0.717, 1.165) is 30.7 Å². The number of nitrogens with one attached hydrogen (secondary N) is 1. The van der Waals surface area contributed by atoms with Crippen LogP contribution >= 0.6 is 11.3 Å². The molecule has 2 aromatic rings. The fraction of sp³-hybridized carbons (Fsp3) is 0.400. The number of aromatic nitrogens is 1. The van der Waals surface area contributed by atoms with Gasteiger partial charge in [-0.05, 0) is 31.0 Å². The SMILES string of the molecule is COc1ccc(OC)c(-c2csc(C3=C(O)CN(CC4CCCO4)C3=N)n2)c1. The van der Waals surface area contributed by atoms with Gasteiger partial charge in [0.2, 0.25) is 0 Å². The van der Waals surface area contributed by atoms with Crippen molar-refractivity contribution in [3.05, 3.63) is 34.3 Å². The molecule has 1 saturated heterocycles. The minimum Gasteiger partial charge on any atom is -0.510 e. The summed E-state index contributed by atoms with van der Waals surface area (Å²) in [6.45, 7) is 1.72. The summed E-state index contributed by atoms with van der Waals surface area (Å²) >= 11 is 1.40. The molecule has 1 fully saturated rings. The van der Waals surface area contributed by atoms with Gasteiger partial charge in [0.1, 0.15) is 28.1 Å². The molecule has 1 atom stereocenters. The molecule has 0 aliphatic carbocycles. The molecule has 1 aromatic carbocycles. The van der Waals surface area contributed by atoms with Crippen molar-refractivity contribution in [3.8, 4) is 22.8 Å². The average Bonchev–Trinajstić information content (AvgIpc) is 3.43. The van der Waals surface area contributed by atoms with E-state index in [9.17, 15) is 5.11 Å². The third-order valence-electron chi connectivity index (χ3n) is 5.03. The van der Waals surface area contributed by atoms with E-state index in [4.69, 9.17) is 19.6 Å². The van der Waals surface area contributed by atoms with Crippen LogP contribution in [0.3, 0.4) is 0 Å². The number of hydrogen-bond donors (Lipinski definition) is 2. The highest BCUT2D eigenvalue weighted by atomic mass is 32.1. The number of amidine groups is 1. The van der Waals surface area contributed by atoms with E-state index in [1.54, 1.807) is 14.2 Å². The van der Waals surface area contributed by atoms with Gasteiger partial charge in [0.05, 0.1) is 38.1 Å². The number of aliphatic hydroxyl groups excluding tert-OH is 1. The van der Waals surface area contributed by atoms with Gasteiger partial charge >= 0.3 is 0 Å². The normalized spacial score (nSPS) is 19.6. The summed E-state index contributed by atoms with van der Waals surface area (Å²) in [6.07, 6.45) is 2.17. The third kappa shape index (κ3) is 3.45. The van der Waals surface area contributed by atoms with Crippen molar-refractivity contribution in [1.82, 2.24) is 9.88 Å². The van der Waals surface area contributed by atoms with E-state index < -0.39 is 0 Å². The summed E-state index contributed by atoms with van der Waals surface area (Å²) in [5.41, 5.74) is 2.03. The van der Waals surface area contributed by atoms with Gasteiger partial charge < -0.3 is 24.2 Å². The zero-order chi connectivity index (χ0) is 19.7. The first kappa shape index (κ1) is 18.8. The quantitative estimate of drug-likeness (QED) is 0.769. The Kier molecular flexibility index (Phi) is 5.23. The Morgan fingerprint density at radius 3 is 2.93 bits per heavy atom. The molecule has 2 aliphatic heterocycles. The Morgan fingerprint density at radius 1 is 1.36 bits per heavy atom. The molecule has 8 heteroatoms. The van der Waals surface area contributed by atoms with Gasteiger partial charge in [0, 0.05) is 24.1 Å². The van der Waals surface area contributed by atoms with Gasteiger partial charge in [-0.2, -0.15) is 0 Å². The second kappa shape index (κ2) is 7.81. The maximum absolute atomic E-state index is 10.5. The number of thiazole rings is 1. The lowest BCUT2D eigenvalue weighted by atomic mass is 10.1. The Hall–Kier alpha value is -2.58. The topological polar surface area (TPSA) is 87.9 Å². The summed E-state index contributed by atoms with van der Waals surface area (Å²) in [5.74, 6) is 1.88. The molecule has 1 unspecified atom stereocenters. The lowest BCUT2D eigenvalue weighted by Crippen LogP contribution is -2.34. The van der Waals surface area contributed by atoms with Crippen LogP contribution in [0.4, 0.5) is 0 Å². The predicted molar refractivity (Wildman–Crippen MR) is 108 cm³/mol. The molecule has 0 radical (unpaired) electrons. The maximum atomic E-state index is 10.5. The fourth-order valence-electron chi connectivity index (χ4n) is 3.57. The summed E-state index contributed by atoms with van der Waals surface area (Å²) < 4.78 is 16.4. The van der Waals surface area contributed by atoms with Crippen LogP contribution in [-0.2, 0) is 4.74 Å². The number of nitrogens with zero attached hydrogens (tertiary/aromatic N) is 2. The Bertz CT molecular complexity index is 918. The van der Waals surface area contributed by atoms with E-state index in [1.807, 2.05) is 28.5 Å². The smallest absolute Gasteiger partial charge is 0.135 e. The second-order valence-corrected chi connectivity index (χ2v) is 7.65. The second-order valence-electron chi connectivity index (χ2n) is 6.79. The van der Waals surface area contributed by atoms with Crippen LogP contribution in [0.15, 0.2) is 29.3 Å². The lowest BCUT2D eigenvalue weighted by molar-refractivity contribution is 0.0924. The van der Waals surface area contributed by atoms with Gasteiger partial charge in [-0.1, -0.05) is 0 Å². The minimum absolute atomic E-state index is 0.125. The molecule has 3 heterocycles. The lowest BCUT2D eigenvalue weighted by Gasteiger charge is -2.21. The van der Waals surface area contributed by atoms with Gasteiger partial charge in [-0.15, -0.1) is 11.3 Å². The first-order valence-electron chi connectivity index (χ1n) is 9.16. The van der Waals surface area contributed by atoms with Crippen molar-refractivity contribution in [2.24, 2.45) is 0 Å².